The number of nitrogens with zero attached hydrogens (tertiary/aromatic N) is 2. The Bertz CT molecular complexity index is 1730. The molecule has 0 bridgehead atoms. The largest absolute Gasteiger partial charge is 0.496 e. The van der Waals surface area contributed by atoms with Gasteiger partial charge >= 0.3 is 7.12 Å². The van der Waals surface area contributed by atoms with Gasteiger partial charge in [-0.05, 0) is 93.7 Å². The summed E-state index contributed by atoms with van der Waals surface area (Å²) in [5.74, 6) is 0.786. The van der Waals surface area contributed by atoms with Crippen LogP contribution in [0.3, 0.4) is 0 Å². The number of aromatic nitrogens is 2. The topological polar surface area (TPSA) is 53.5 Å². The zero-order valence-corrected chi connectivity index (χ0v) is 25.0. The molecule has 3 aromatic carbocycles. The summed E-state index contributed by atoms with van der Waals surface area (Å²) in [6.07, 6.45) is 0. The van der Waals surface area contributed by atoms with Crippen molar-refractivity contribution in [3.05, 3.63) is 109 Å². The number of para-hydroxylation sites is 1. The molecule has 0 unspecified atom stereocenters. The van der Waals surface area contributed by atoms with Gasteiger partial charge in [0.25, 0.3) is 0 Å². The monoisotopic (exact) mass is 554 g/mol. The van der Waals surface area contributed by atoms with Crippen molar-refractivity contribution in [2.75, 3.05) is 7.11 Å². The standard InChI is InChI=1S/C36H35BN2O3/c1-24-19-29(37-41-35(2,3)36(4,5)42-37)23-32(38-24)27-16-12-15-26(20-27)31-21-28(25-13-8-7-9-14-25)22-33(39-31)30-17-10-11-18-34(30)40-6/h7-23H,1-6H3. The molecular weight excluding hydrogens is 519 g/mol. The van der Waals surface area contributed by atoms with Gasteiger partial charge < -0.3 is 14.0 Å². The number of aryl methyl sites for hydroxylation is 1. The molecule has 1 fully saturated rings. The molecule has 2 aromatic heterocycles. The van der Waals surface area contributed by atoms with Gasteiger partial charge in [0.15, 0.2) is 0 Å². The number of ether oxygens (including phenoxy) is 1. The Morgan fingerprint density at radius 1 is 0.595 bits per heavy atom. The molecule has 0 amide bonds. The zero-order chi connectivity index (χ0) is 29.5. The summed E-state index contributed by atoms with van der Waals surface area (Å²) in [5.41, 5.74) is 8.80. The van der Waals surface area contributed by atoms with E-state index in [2.05, 4.69) is 94.4 Å². The number of methoxy groups -OCH3 is 1. The van der Waals surface area contributed by atoms with Crippen LogP contribution in [-0.2, 0) is 9.31 Å². The summed E-state index contributed by atoms with van der Waals surface area (Å²) in [7, 11) is 1.24. The van der Waals surface area contributed by atoms with Crippen molar-refractivity contribution in [1.29, 1.82) is 0 Å². The second kappa shape index (κ2) is 10.9. The molecule has 6 heteroatoms. The highest BCUT2D eigenvalue weighted by Gasteiger charge is 2.51. The molecule has 1 saturated heterocycles. The molecule has 0 atom stereocenters. The molecule has 6 rings (SSSR count). The third kappa shape index (κ3) is 5.36. The van der Waals surface area contributed by atoms with Crippen molar-refractivity contribution in [1.82, 2.24) is 9.97 Å². The lowest BCUT2D eigenvalue weighted by atomic mass is 9.78. The summed E-state index contributed by atoms with van der Waals surface area (Å²) in [4.78, 5) is 10.0. The molecule has 1 aliphatic rings. The van der Waals surface area contributed by atoms with E-state index < -0.39 is 18.3 Å². The van der Waals surface area contributed by atoms with Gasteiger partial charge in [0.2, 0.25) is 0 Å². The molecule has 3 heterocycles. The van der Waals surface area contributed by atoms with Crippen LogP contribution in [-0.4, -0.2) is 35.4 Å². The third-order valence-corrected chi connectivity index (χ3v) is 8.27. The normalized spacial score (nSPS) is 15.5. The van der Waals surface area contributed by atoms with Gasteiger partial charge in [0.05, 0.1) is 35.4 Å². The second-order valence-electron chi connectivity index (χ2n) is 11.8. The molecule has 0 spiro atoms. The Morgan fingerprint density at radius 3 is 1.88 bits per heavy atom. The predicted molar refractivity (Wildman–Crippen MR) is 171 cm³/mol. The van der Waals surface area contributed by atoms with Gasteiger partial charge in [-0.3, -0.25) is 4.98 Å². The minimum atomic E-state index is -0.453. The molecule has 0 saturated carbocycles. The lowest BCUT2D eigenvalue weighted by molar-refractivity contribution is 0.00578. The molecule has 0 N–H and O–H groups in total. The van der Waals surface area contributed by atoms with Crippen LogP contribution in [0.25, 0.3) is 44.9 Å². The average molecular weight is 554 g/mol. The van der Waals surface area contributed by atoms with Crippen molar-refractivity contribution in [2.45, 2.75) is 45.8 Å². The maximum atomic E-state index is 6.35. The third-order valence-electron chi connectivity index (χ3n) is 8.27. The fraction of sp³-hybridized carbons (Fsp3) is 0.222. The highest BCUT2D eigenvalue weighted by molar-refractivity contribution is 6.62. The van der Waals surface area contributed by atoms with E-state index in [9.17, 15) is 0 Å². The van der Waals surface area contributed by atoms with E-state index >= 15 is 0 Å². The van der Waals surface area contributed by atoms with Crippen LogP contribution < -0.4 is 10.2 Å². The molecule has 0 aliphatic carbocycles. The van der Waals surface area contributed by atoms with Crippen molar-refractivity contribution in [2.24, 2.45) is 0 Å². The summed E-state index contributed by atoms with van der Waals surface area (Å²) in [6.45, 7) is 10.3. The fourth-order valence-corrected chi connectivity index (χ4v) is 5.27. The van der Waals surface area contributed by atoms with E-state index in [0.29, 0.717) is 0 Å². The molecule has 210 valence electrons. The molecule has 42 heavy (non-hydrogen) atoms. The van der Waals surface area contributed by atoms with E-state index in [-0.39, 0.29) is 0 Å². The number of benzene rings is 3. The van der Waals surface area contributed by atoms with Crippen LogP contribution >= 0.6 is 0 Å². The predicted octanol–water partition coefficient (Wildman–Crippen LogP) is 7.76. The van der Waals surface area contributed by atoms with Crippen molar-refractivity contribution < 1.29 is 14.0 Å². The van der Waals surface area contributed by atoms with Crippen molar-refractivity contribution >= 4 is 12.6 Å². The smallest absolute Gasteiger partial charge is 0.494 e. The Balaban J connectivity index is 1.43. The fourth-order valence-electron chi connectivity index (χ4n) is 5.27. The molecule has 5 aromatic rings. The number of rotatable bonds is 6. The SMILES string of the molecule is COc1ccccc1-c1cc(-c2ccccc2)cc(-c2cccc(-c3cc(B4OC(C)(C)C(C)(C)O4)cc(C)n3)c2)n1. The van der Waals surface area contributed by atoms with E-state index in [1.54, 1.807) is 7.11 Å². The first-order valence-corrected chi connectivity index (χ1v) is 14.3. The lowest BCUT2D eigenvalue weighted by Gasteiger charge is -2.32. The second-order valence-corrected chi connectivity index (χ2v) is 11.8. The summed E-state index contributed by atoms with van der Waals surface area (Å²) in [5, 5.41) is 0. The molecule has 0 radical (unpaired) electrons. The highest BCUT2D eigenvalue weighted by atomic mass is 16.7. The van der Waals surface area contributed by atoms with Crippen LogP contribution in [0.4, 0.5) is 0 Å². The molecular formula is C36H35BN2O3. The Labute approximate surface area is 248 Å². The quantitative estimate of drug-likeness (QED) is 0.201. The minimum absolute atomic E-state index is 0.413. The number of pyridine rings is 2. The summed E-state index contributed by atoms with van der Waals surface area (Å²) >= 11 is 0. The number of hydrogen-bond donors (Lipinski definition) is 0. The van der Waals surface area contributed by atoms with Crippen LogP contribution in [0, 0.1) is 6.92 Å². The van der Waals surface area contributed by atoms with Crippen LogP contribution in [0.15, 0.2) is 103 Å². The molecule has 1 aliphatic heterocycles. The van der Waals surface area contributed by atoms with Gasteiger partial charge in [-0.15, -0.1) is 0 Å². The van der Waals surface area contributed by atoms with Gasteiger partial charge in [0.1, 0.15) is 5.75 Å². The maximum absolute atomic E-state index is 6.35. The molecule has 5 nitrogen and oxygen atoms in total. The highest BCUT2D eigenvalue weighted by Crippen LogP contribution is 2.37. The Morgan fingerprint density at radius 2 is 1.19 bits per heavy atom. The van der Waals surface area contributed by atoms with E-state index in [1.807, 2.05) is 43.3 Å². The van der Waals surface area contributed by atoms with Gasteiger partial charge in [-0.2, -0.15) is 0 Å². The van der Waals surface area contributed by atoms with Crippen molar-refractivity contribution in [3.8, 4) is 50.6 Å². The first-order chi connectivity index (χ1) is 20.1. The lowest BCUT2D eigenvalue weighted by Crippen LogP contribution is -2.41. The van der Waals surface area contributed by atoms with E-state index in [0.717, 1.165) is 61.8 Å². The first kappa shape index (κ1) is 27.9. The van der Waals surface area contributed by atoms with Crippen LogP contribution in [0.1, 0.15) is 33.4 Å². The van der Waals surface area contributed by atoms with E-state index in [1.165, 1.54) is 0 Å². The Hall–Kier alpha value is -4.26. The number of hydrogen-bond acceptors (Lipinski definition) is 5. The maximum Gasteiger partial charge on any atom is 0.494 e. The summed E-state index contributed by atoms with van der Waals surface area (Å²) < 4.78 is 18.4. The van der Waals surface area contributed by atoms with Gasteiger partial charge in [-0.25, -0.2) is 4.98 Å². The minimum Gasteiger partial charge on any atom is -0.496 e. The zero-order valence-electron chi connectivity index (χ0n) is 25.0. The van der Waals surface area contributed by atoms with Crippen molar-refractivity contribution in [3.63, 3.8) is 0 Å². The van der Waals surface area contributed by atoms with Gasteiger partial charge in [-0.1, -0.05) is 60.7 Å². The van der Waals surface area contributed by atoms with E-state index in [4.69, 9.17) is 24.0 Å². The summed E-state index contributed by atoms with van der Waals surface area (Å²) in [6, 6.07) is 35.1. The van der Waals surface area contributed by atoms with Crippen LogP contribution in [0.2, 0.25) is 0 Å². The average Bonchev–Trinajstić information content (AvgIpc) is 3.23. The van der Waals surface area contributed by atoms with Crippen LogP contribution in [0.5, 0.6) is 5.75 Å². The van der Waals surface area contributed by atoms with Gasteiger partial charge in [0, 0.05) is 22.4 Å². The Kier molecular flexibility index (Phi) is 7.21. The first-order valence-electron chi connectivity index (χ1n) is 14.3.